The second kappa shape index (κ2) is 10.1. The van der Waals surface area contributed by atoms with E-state index in [0.717, 1.165) is 25.8 Å². The second-order valence-corrected chi connectivity index (χ2v) is 8.03. The van der Waals surface area contributed by atoms with Gasteiger partial charge in [-0.25, -0.2) is 9.37 Å². The molecule has 0 atom stereocenters. The van der Waals surface area contributed by atoms with Crippen molar-refractivity contribution in [3.63, 3.8) is 0 Å². The Balaban J connectivity index is 1.10. The largest absolute Gasteiger partial charge is 0.586 e. The number of hydrogen-bond donors (Lipinski definition) is 0. The fourth-order valence-corrected chi connectivity index (χ4v) is 3.62. The van der Waals surface area contributed by atoms with Crippen LogP contribution in [0.25, 0.3) is 12.2 Å². The van der Waals surface area contributed by atoms with Crippen LogP contribution >= 0.6 is 0 Å². The second-order valence-electron chi connectivity index (χ2n) is 8.03. The minimum absolute atomic E-state index is 0.0181. The van der Waals surface area contributed by atoms with E-state index in [1.807, 2.05) is 35.1 Å². The van der Waals surface area contributed by atoms with Crippen molar-refractivity contribution in [3.8, 4) is 17.2 Å². The predicted octanol–water partition coefficient (Wildman–Crippen LogP) is 5.50. The third-order valence-electron chi connectivity index (χ3n) is 5.40. The Bertz CT molecular complexity index is 1340. The van der Waals surface area contributed by atoms with Gasteiger partial charge in [-0.05, 0) is 55.2 Å². The van der Waals surface area contributed by atoms with Gasteiger partial charge in [0.25, 0.3) is 0 Å². The van der Waals surface area contributed by atoms with Crippen molar-refractivity contribution in [1.82, 2.24) is 20.0 Å². The number of nitrogens with zero attached hydrogens (tertiary/aromatic N) is 4. The van der Waals surface area contributed by atoms with Gasteiger partial charge in [0.2, 0.25) is 11.6 Å². The Kier molecular flexibility index (Phi) is 6.61. The number of alkyl halides is 2. The number of oxazole rings is 1. The molecule has 0 aliphatic carbocycles. The van der Waals surface area contributed by atoms with Crippen molar-refractivity contribution in [3.05, 3.63) is 83.6 Å². The lowest BCUT2D eigenvalue weighted by Gasteiger charge is -2.06. The molecule has 36 heavy (non-hydrogen) atoms. The predicted molar refractivity (Wildman–Crippen MR) is 122 cm³/mol. The van der Waals surface area contributed by atoms with E-state index in [1.165, 1.54) is 36.1 Å². The summed E-state index contributed by atoms with van der Waals surface area (Å²) in [7, 11) is 0. The van der Waals surface area contributed by atoms with E-state index in [0.29, 0.717) is 11.4 Å². The first-order valence-electron chi connectivity index (χ1n) is 11.2. The van der Waals surface area contributed by atoms with Gasteiger partial charge in [0.05, 0.1) is 6.20 Å². The number of hydrogen-bond acceptors (Lipinski definition) is 7. The van der Waals surface area contributed by atoms with Crippen LogP contribution < -0.4 is 14.2 Å². The number of ether oxygens (including phenoxy) is 3. The molecule has 0 spiro atoms. The Morgan fingerprint density at radius 3 is 2.69 bits per heavy atom. The van der Waals surface area contributed by atoms with Crippen LogP contribution in [0.2, 0.25) is 0 Å². The van der Waals surface area contributed by atoms with Gasteiger partial charge in [-0.2, -0.15) is 0 Å². The molecular weight excluding hydrogens is 477 g/mol. The summed E-state index contributed by atoms with van der Waals surface area (Å²) < 4.78 is 62.1. The van der Waals surface area contributed by atoms with Gasteiger partial charge in [0, 0.05) is 24.4 Å². The molecule has 0 N–H and O–H groups in total. The van der Waals surface area contributed by atoms with E-state index in [2.05, 4.69) is 24.8 Å². The van der Waals surface area contributed by atoms with Gasteiger partial charge in [0.1, 0.15) is 24.3 Å². The zero-order valence-corrected chi connectivity index (χ0v) is 18.9. The summed E-state index contributed by atoms with van der Waals surface area (Å²) >= 11 is 0. The van der Waals surface area contributed by atoms with Crippen molar-refractivity contribution >= 4 is 12.2 Å². The number of halogens is 3. The van der Waals surface area contributed by atoms with E-state index < -0.39 is 17.9 Å². The molecule has 0 saturated heterocycles. The monoisotopic (exact) mass is 498 g/mol. The standard InChI is InChI=1S/C25H21F3N4O4/c26-23-18(6-10-21-24(23)36-25(27,28)35-21)7-11-22-30-19(16-34-22)15-33-20-8-4-17(5-9-20)3-1-2-13-32-14-12-29-31-32/h4-12,14,16H,1-3,13,15H2. The number of aryl methyl sites for hydroxylation is 2. The van der Waals surface area contributed by atoms with Gasteiger partial charge in [-0.1, -0.05) is 17.3 Å². The van der Waals surface area contributed by atoms with Crippen LogP contribution in [0.5, 0.6) is 17.2 Å². The fourth-order valence-electron chi connectivity index (χ4n) is 3.62. The molecule has 8 nitrogen and oxygen atoms in total. The third-order valence-corrected chi connectivity index (χ3v) is 5.40. The van der Waals surface area contributed by atoms with E-state index >= 15 is 0 Å². The highest BCUT2D eigenvalue weighted by atomic mass is 19.3. The number of rotatable bonds is 10. The highest BCUT2D eigenvalue weighted by Crippen LogP contribution is 2.43. The van der Waals surface area contributed by atoms with Crippen LogP contribution in [0, 0.1) is 5.82 Å². The summed E-state index contributed by atoms with van der Waals surface area (Å²) in [5, 5.41) is 7.74. The summed E-state index contributed by atoms with van der Waals surface area (Å²) in [4.78, 5) is 4.27. The average molecular weight is 498 g/mol. The van der Waals surface area contributed by atoms with Crippen LogP contribution in [0.1, 0.15) is 35.6 Å². The molecule has 1 aliphatic heterocycles. The highest BCUT2D eigenvalue weighted by molar-refractivity contribution is 5.68. The molecule has 0 saturated carbocycles. The van der Waals surface area contributed by atoms with Crippen molar-refractivity contribution in [2.45, 2.75) is 38.7 Å². The molecule has 2 aromatic carbocycles. The van der Waals surface area contributed by atoms with Crippen LogP contribution in [0.4, 0.5) is 13.2 Å². The molecule has 2 aromatic heterocycles. The van der Waals surface area contributed by atoms with Crippen LogP contribution in [0.3, 0.4) is 0 Å². The van der Waals surface area contributed by atoms with Crippen LogP contribution in [0.15, 0.2) is 59.5 Å². The van der Waals surface area contributed by atoms with Crippen LogP contribution in [-0.4, -0.2) is 26.3 Å². The van der Waals surface area contributed by atoms with E-state index in [9.17, 15) is 13.2 Å². The summed E-state index contributed by atoms with van der Waals surface area (Å²) in [5.41, 5.74) is 1.77. The van der Waals surface area contributed by atoms with E-state index in [-0.39, 0.29) is 23.8 Å². The maximum absolute atomic E-state index is 14.4. The van der Waals surface area contributed by atoms with Crippen molar-refractivity contribution in [2.24, 2.45) is 0 Å². The Hall–Kier alpha value is -4.28. The molecule has 0 bridgehead atoms. The van der Waals surface area contributed by atoms with Gasteiger partial charge < -0.3 is 18.6 Å². The summed E-state index contributed by atoms with van der Waals surface area (Å²) in [6.45, 7) is 1.03. The normalized spacial score (nSPS) is 14.0. The smallest absolute Gasteiger partial charge is 0.487 e. The third kappa shape index (κ3) is 5.68. The van der Waals surface area contributed by atoms with Gasteiger partial charge >= 0.3 is 6.29 Å². The molecule has 11 heteroatoms. The van der Waals surface area contributed by atoms with Crippen molar-refractivity contribution in [2.75, 3.05) is 0 Å². The fraction of sp³-hybridized carbons (Fsp3) is 0.240. The van der Waals surface area contributed by atoms with Gasteiger partial charge in [-0.15, -0.1) is 13.9 Å². The first kappa shape index (κ1) is 23.5. The first-order valence-corrected chi connectivity index (χ1v) is 11.2. The Labute approximate surface area is 203 Å². The van der Waals surface area contributed by atoms with E-state index in [4.69, 9.17) is 9.15 Å². The number of unbranched alkanes of at least 4 members (excludes halogenated alkanes) is 1. The molecule has 0 radical (unpaired) electrons. The average Bonchev–Trinajstić information content (AvgIpc) is 3.61. The molecular formula is C25H21F3N4O4. The topological polar surface area (TPSA) is 84.4 Å². The lowest BCUT2D eigenvalue weighted by Crippen LogP contribution is -2.26. The maximum Gasteiger partial charge on any atom is 0.586 e. The number of fused-ring (bicyclic) bond motifs is 1. The lowest BCUT2D eigenvalue weighted by atomic mass is 10.1. The Morgan fingerprint density at radius 1 is 1.03 bits per heavy atom. The SMILES string of the molecule is Fc1c(C=Cc2nc(COc3ccc(CCCCn4ccnn4)cc3)co2)ccc2c1OC(F)(F)O2. The molecule has 0 unspecified atom stereocenters. The van der Waals surface area contributed by atoms with Crippen molar-refractivity contribution < 1.29 is 31.8 Å². The van der Waals surface area contributed by atoms with E-state index in [1.54, 1.807) is 6.20 Å². The molecule has 3 heterocycles. The Morgan fingerprint density at radius 2 is 1.89 bits per heavy atom. The molecule has 186 valence electrons. The summed E-state index contributed by atoms with van der Waals surface area (Å²) in [6.07, 6.45) is 6.84. The molecule has 5 rings (SSSR count). The first-order chi connectivity index (χ1) is 17.4. The number of benzene rings is 2. The van der Waals surface area contributed by atoms with Crippen LogP contribution in [-0.2, 0) is 19.6 Å². The molecule has 1 aliphatic rings. The zero-order chi connectivity index (χ0) is 25.0. The van der Waals surface area contributed by atoms with Gasteiger partial charge in [0.15, 0.2) is 11.6 Å². The maximum atomic E-state index is 14.4. The molecule has 0 fully saturated rings. The highest BCUT2D eigenvalue weighted by Gasteiger charge is 2.45. The summed E-state index contributed by atoms with van der Waals surface area (Å²) in [6, 6.07) is 10.4. The lowest BCUT2D eigenvalue weighted by molar-refractivity contribution is -0.287. The van der Waals surface area contributed by atoms with Gasteiger partial charge in [-0.3, -0.25) is 4.68 Å². The quantitative estimate of drug-likeness (QED) is 0.267. The summed E-state index contributed by atoms with van der Waals surface area (Å²) in [5.74, 6) is -1.06. The number of aromatic nitrogens is 4. The molecule has 4 aromatic rings. The van der Waals surface area contributed by atoms with Crippen molar-refractivity contribution in [1.29, 1.82) is 0 Å². The molecule has 0 amide bonds. The minimum Gasteiger partial charge on any atom is -0.487 e. The zero-order valence-electron chi connectivity index (χ0n) is 18.9. The minimum atomic E-state index is -3.89.